The Hall–Kier alpha value is -1.69. The summed E-state index contributed by atoms with van der Waals surface area (Å²) in [6.07, 6.45) is 0. The summed E-state index contributed by atoms with van der Waals surface area (Å²) in [4.78, 5) is 20.5. The van der Waals surface area contributed by atoms with Crippen molar-refractivity contribution in [2.75, 3.05) is 25.6 Å². The van der Waals surface area contributed by atoms with Crippen LogP contribution in [0.3, 0.4) is 0 Å². The van der Waals surface area contributed by atoms with Crippen LogP contribution in [0.15, 0.2) is 6.07 Å². The Morgan fingerprint density at radius 1 is 1.37 bits per heavy atom. The Morgan fingerprint density at radius 3 is 2.63 bits per heavy atom. The smallest absolute Gasteiger partial charge is 0.270 e. The number of aryl methyl sites for hydroxylation is 1. The minimum Gasteiger partial charge on any atom is -0.383 e. The summed E-state index contributed by atoms with van der Waals surface area (Å²) in [5.41, 5.74) is 0.816. The van der Waals surface area contributed by atoms with E-state index in [9.17, 15) is 4.79 Å². The van der Waals surface area contributed by atoms with Gasteiger partial charge in [-0.05, 0) is 33.8 Å². The zero-order chi connectivity index (χ0) is 14.5. The number of anilines is 1. The number of nitrogens with one attached hydrogen (secondary N) is 2. The van der Waals surface area contributed by atoms with Crippen LogP contribution in [-0.4, -0.2) is 41.7 Å². The Kier molecular flexibility index (Phi) is 5.23. The second-order valence-electron chi connectivity index (χ2n) is 5.34. The van der Waals surface area contributed by atoms with E-state index in [0.717, 1.165) is 5.69 Å². The van der Waals surface area contributed by atoms with Crippen LogP contribution in [0.4, 0.5) is 5.95 Å². The topological polar surface area (TPSA) is 76.1 Å². The van der Waals surface area contributed by atoms with Crippen molar-refractivity contribution in [1.29, 1.82) is 0 Å². The first kappa shape index (κ1) is 15.4. The van der Waals surface area contributed by atoms with Crippen molar-refractivity contribution in [2.24, 2.45) is 0 Å². The molecule has 0 saturated carbocycles. The van der Waals surface area contributed by atoms with Gasteiger partial charge in [-0.15, -0.1) is 0 Å². The number of rotatable bonds is 5. The van der Waals surface area contributed by atoms with Gasteiger partial charge in [0.25, 0.3) is 5.91 Å². The molecule has 106 valence electrons. The van der Waals surface area contributed by atoms with Crippen LogP contribution in [0, 0.1) is 6.92 Å². The molecule has 0 aliphatic heterocycles. The highest BCUT2D eigenvalue weighted by molar-refractivity contribution is 5.93. The third-order valence-electron chi connectivity index (χ3n) is 2.16. The fourth-order valence-electron chi connectivity index (χ4n) is 1.43. The number of carbonyl (C=O) groups is 1. The maximum Gasteiger partial charge on any atom is 0.270 e. The SMILES string of the molecule is COCCNc1nc(C)cc(C(=O)NC(C)(C)C)n1. The van der Waals surface area contributed by atoms with Crippen molar-refractivity contribution < 1.29 is 9.53 Å². The zero-order valence-corrected chi connectivity index (χ0v) is 12.2. The van der Waals surface area contributed by atoms with Gasteiger partial charge < -0.3 is 15.4 Å². The van der Waals surface area contributed by atoms with Crippen molar-refractivity contribution in [1.82, 2.24) is 15.3 Å². The lowest BCUT2D eigenvalue weighted by Gasteiger charge is -2.20. The fraction of sp³-hybridized carbons (Fsp3) is 0.615. The van der Waals surface area contributed by atoms with Gasteiger partial charge >= 0.3 is 0 Å². The monoisotopic (exact) mass is 266 g/mol. The molecule has 0 saturated heterocycles. The summed E-state index contributed by atoms with van der Waals surface area (Å²) in [5.74, 6) is 0.240. The molecule has 1 aromatic rings. The van der Waals surface area contributed by atoms with Crippen LogP contribution >= 0.6 is 0 Å². The van der Waals surface area contributed by atoms with E-state index < -0.39 is 0 Å². The summed E-state index contributed by atoms with van der Waals surface area (Å²) in [7, 11) is 1.63. The van der Waals surface area contributed by atoms with Crippen LogP contribution in [0.5, 0.6) is 0 Å². The minimum atomic E-state index is -0.292. The quantitative estimate of drug-likeness (QED) is 0.787. The molecular formula is C13H22N4O2. The molecule has 0 atom stereocenters. The summed E-state index contributed by atoms with van der Waals surface area (Å²) in [6.45, 7) is 8.77. The number of ether oxygens (including phenoxy) is 1. The fourth-order valence-corrected chi connectivity index (χ4v) is 1.43. The molecule has 0 aliphatic rings. The average molecular weight is 266 g/mol. The predicted molar refractivity (Wildman–Crippen MR) is 74.4 cm³/mol. The van der Waals surface area contributed by atoms with Gasteiger partial charge in [0.1, 0.15) is 5.69 Å². The summed E-state index contributed by atoms with van der Waals surface area (Å²) >= 11 is 0. The van der Waals surface area contributed by atoms with Crippen LogP contribution in [0.1, 0.15) is 37.0 Å². The third kappa shape index (κ3) is 5.65. The number of nitrogens with zero attached hydrogens (tertiary/aromatic N) is 2. The summed E-state index contributed by atoms with van der Waals surface area (Å²) < 4.78 is 4.94. The second-order valence-corrected chi connectivity index (χ2v) is 5.34. The van der Waals surface area contributed by atoms with Crippen molar-refractivity contribution in [3.63, 3.8) is 0 Å². The standard InChI is InChI=1S/C13H22N4O2/c1-9-8-10(11(18)17-13(2,3)4)16-12(15-9)14-6-7-19-5/h8H,6-7H2,1-5H3,(H,17,18)(H,14,15,16). The van der Waals surface area contributed by atoms with Gasteiger partial charge in [0.15, 0.2) is 0 Å². The molecule has 0 aromatic carbocycles. The molecule has 19 heavy (non-hydrogen) atoms. The van der Waals surface area contributed by atoms with Gasteiger partial charge in [0, 0.05) is 24.9 Å². The molecular weight excluding hydrogens is 244 g/mol. The number of methoxy groups -OCH3 is 1. The first-order valence-corrected chi connectivity index (χ1v) is 6.23. The number of aromatic nitrogens is 2. The van der Waals surface area contributed by atoms with Crippen LogP contribution in [0.2, 0.25) is 0 Å². The van der Waals surface area contributed by atoms with E-state index in [-0.39, 0.29) is 11.4 Å². The minimum absolute atomic E-state index is 0.201. The van der Waals surface area contributed by atoms with Crippen LogP contribution in [-0.2, 0) is 4.74 Å². The molecule has 0 spiro atoms. The first-order chi connectivity index (χ1) is 8.81. The van der Waals surface area contributed by atoms with Gasteiger partial charge in [0.2, 0.25) is 5.95 Å². The Bertz CT molecular complexity index is 441. The molecule has 0 unspecified atom stereocenters. The molecule has 0 aliphatic carbocycles. The molecule has 1 aromatic heterocycles. The van der Waals surface area contributed by atoms with E-state index in [2.05, 4.69) is 20.6 Å². The highest BCUT2D eigenvalue weighted by atomic mass is 16.5. The number of hydrogen-bond donors (Lipinski definition) is 2. The van der Waals surface area contributed by atoms with Crippen molar-refractivity contribution in [3.05, 3.63) is 17.5 Å². The van der Waals surface area contributed by atoms with Gasteiger partial charge in [-0.1, -0.05) is 0 Å². The van der Waals surface area contributed by atoms with E-state index in [1.165, 1.54) is 0 Å². The second kappa shape index (κ2) is 6.47. The molecule has 2 N–H and O–H groups in total. The predicted octanol–water partition coefficient (Wildman–Crippen LogP) is 1.37. The molecule has 6 nitrogen and oxygen atoms in total. The summed E-state index contributed by atoms with van der Waals surface area (Å²) in [6, 6.07) is 1.67. The molecule has 0 bridgehead atoms. The maximum atomic E-state index is 12.0. The molecule has 1 heterocycles. The molecule has 0 radical (unpaired) electrons. The molecule has 6 heteroatoms. The summed E-state index contributed by atoms with van der Waals surface area (Å²) in [5, 5.41) is 5.89. The van der Waals surface area contributed by atoms with Crippen LogP contribution in [0.25, 0.3) is 0 Å². The van der Waals surface area contributed by atoms with Gasteiger partial charge in [-0.25, -0.2) is 9.97 Å². The van der Waals surface area contributed by atoms with Crippen LogP contribution < -0.4 is 10.6 Å². The van der Waals surface area contributed by atoms with Crippen molar-refractivity contribution in [3.8, 4) is 0 Å². The van der Waals surface area contributed by atoms with Crippen molar-refractivity contribution >= 4 is 11.9 Å². The van der Waals surface area contributed by atoms with E-state index in [0.29, 0.717) is 24.8 Å². The van der Waals surface area contributed by atoms with E-state index in [1.807, 2.05) is 27.7 Å². The van der Waals surface area contributed by atoms with Crippen molar-refractivity contribution in [2.45, 2.75) is 33.2 Å². The van der Waals surface area contributed by atoms with Gasteiger partial charge in [0.05, 0.1) is 6.61 Å². The Balaban J connectivity index is 2.81. The Labute approximate surface area is 114 Å². The van der Waals surface area contributed by atoms with Gasteiger partial charge in [-0.3, -0.25) is 4.79 Å². The molecule has 1 rings (SSSR count). The maximum absolute atomic E-state index is 12.0. The number of carbonyl (C=O) groups excluding carboxylic acids is 1. The van der Waals surface area contributed by atoms with E-state index in [4.69, 9.17) is 4.74 Å². The van der Waals surface area contributed by atoms with Gasteiger partial charge in [-0.2, -0.15) is 0 Å². The normalized spacial score (nSPS) is 11.2. The van der Waals surface area contributed by atoms with E-state index in [1.54, 1.807) is 13.2 Å². The van der Waals surface area contributed by atoms with E-state index >= 15 is 0 Å². The number of amides is 1. The highest BCUT2D eigenvalue weighted by Crippen LogP contribution is 2.07. The highest BCUT2D eigenvalue weighted by Gasteiger charge is 2.17. The lowest BCUT2D eigenvalue weighted by molar-refractivity contribution is 0.0914. The number of hydrogen-bond acceptors (Lipinski definition) is 5. The largest absolute Gasteiger partial charge is 0.383 e. The third-order valence-corrected chi connectivity index (χ3v) is 2.16. The zero-order valence-electron chi connectivity index (χ0n) is 12.2. The molecule has 1 amide bonds. The lowest BCUT2D eigenvalue weighted by atomic mass is 10.1. The molecule has 0 fully saturated rings. The first-order valence-electron chi connectivity index (χ1n) is 6.23. The average Bonchev–Trinajstić information content (AvgIpc) is 2.26. The Morgan fingerprint density at radius 2 is 2.05 bits per heavy atom. The lowest BCUT2D eigenvalue weighted by Crippen LogP contribution is -2.41.